The summed E-state index contributed by atoms with van der Waals surface area (Å²) in [6, 6.07) is 8.86. The van der Waals surface area contributed by atoms with E-state index in [9.17, 15) is 9.18 Å². The van der Waals surface area contributed by atoms with Crippen LogP contribution < -0.4 is 20.1 Å². The molecule has 0 bridgehead atoms. The number of hydrogen-bond acceptors (Lipinski definition) is 4. The molecule has 0 unspecified atom stereocenters. The third-order valence-electron chi connectivity index (χ3n) is 3.05. The van der Waals surface area contributed by atoms with Gasteiger partial charge in [0, 0.05) is 11.8 Å². The fourth-order valence-electron chi connectivity index (χ4n) is 1.90. The molecule has 1 amide bonds. The summed E-state index contributed by atoms with van der Waals surface area (Å²) in [7, 11) is 2.97. The van der Waals surface area contributed by atoms with Crippen LogP contribution in [0, 0.1) is 5.82 Å². The molecule has 2 aromatic carbocycles. The Morgan fingerprint density at radius 1 is 1.13 bits per heavy atom. The first-order valence-electron chi connectivity index (χ1n) is 6.74. The largest absolute Gasteiger partial charge is 0.495 e. The highest BCUT2D eigenvalue weighted by atomic mass is 35.5. The van der Waals surface area contributed by atoms with Crippen molar-refractivity contribution in [2.24, 2.45) is 0 Å². The Labute approximate surface area is 138 Å². The number of halogens is 2. The van der Waals surface area contributed by atoms with Gasteiger partial charge in [-0.05, 0) is 30.3 Å². The van der Waals surface area contributed by atoms with E-state index in [0.717, 1.165) is 0 Å². The van der Waals surface area contributed by atoms with Crippen molar-refractivity contribution >= 4 is 28.9 Å². The Balaban J connectivity index is 2.02. The number of carbonyl (C=O) groups excluding carboxylic acids is 1. The summed E-state index contributed by atoms with van der Waals surface area (Å²) < 4.78 is 23.1. The van der Waals surface area contributed by atoms with Crippen molar-refractivity contribution in [2.75, 3.05) is 31.4 Å². The number of methoxy groups -OCH3 is 2. The predicted octanol–water partition coefficient (Wildman–Crippen LogP) is 3.55. The van der Waals surface area contributed by atoms with Crippen LogP contribution in [0.2, 0.25) is 5.02 Å². The molecule has 5 nitrogen and oxygen atoms in total. The fraction of sp³-hybridized carbons (Fsp3) is 0.188. The highest BCUT2D eigenvalue weighted by molar-refractivity contribution is 6.32. The van der Waals surface area contributed by atoms with Crippen LogP contribution in [0.1, 0.15) is 0 Å². The quantitative estimate of drug-likeness (QED) is 0.845. The second kappa shape index (κ2) is 7.69. The second-order valence-corrected chi connectivity index (χ2v) is 5.00. The van der Waals surface area contributed by atoms with Gasteiger partial charge in [-0.3, -0.25) is 4.79 Å². The van der Waals surface area contributed by atoms with E-state index in [1.54, 1.807) is 24.3 Å². The molecule has 0 aliphatic heterocycles. The maximum absolute atomic E-state index is 12.8. The first-order chi connectivity index (χ1) is 11.0. The van der Waals surface area contributed by atoms with Gasteiger partial charge in [0.1, 0.15) is 17.3 Å². The lowest BCUT2D eigenvalue weighted by Crippen LogP contribution is -2.22. The molecule has 0 fully saturated rings. The second-order valence-electron chi connectivity index (χ2n) is 4.60. The zero-order valence-corrected chi connectivity index (χ0v) is 13.4. The molecule has 2 N–H and O–H groups in total. The normalized spacial score (nSPS) is 10.1. The smallest absolute Gasteiger partial charge is 0.243 e. The Bertz CT molecular complexity index is 692. The highest BCUT2D eigenvalue weighted by Crippen LogP contribution is 2.35. The van der Waals surface area contributed by atoms with Gasteiger partial charge in [-0.1, -0.05) is 11.6 Å². The Morgan fingerprint density at radius 3 is 2.39 bits per heavy atom. The van der Waals surface area contributed by atoms with Crippen LogP contribution in [-0.2, 0) is 4.79 Å². The summed E-state index contributed by atoms with van der Waals surface area (Å²) in [5.41, 5.74) is 1.07. The minimum Gasteiger partial charge on any atom is -0.495 e. The number of anilines is 2. The number of nitrogens with one attached hydrogen (secondary N) is 2. The van der Waals surface area contributed by atoms with Crippen molar-refractivity contribution in [3.63, 3.8) is 0 Å². The van der Waals surface area contributed by atoms with Crippen LogP contribution >= 0.6 is 11.6 Å². The summed E-state index contributed by atoms with van der Waals surface area (Å²) >= 11 is 6.05. The molecule has 0 aliphatic carbocycles. The van der Waals surface area contributed by atoms with Gasteiger partial charge in [0.25, 0.3) is 0 Å². The van der Waals surface area contributed by atoms with Crippen molar-refractivity contribution in [2.45, 2.75) is 0 Å². The van der Waals surface area contributed by atoms with Gasteiger partial charge in [-0.2, -0.15) is 0 Å². The van der Waals surface area contributed by atoms with E-state index in [0.29, 0.717) is 27.9 Å². The molecule has 0 aliphatic rings. The molecular weight excluding hydrogens is 323 g/mol. The van der Waals surface area contributed by atoms with Crippen molar-refractivity contribution in [1.82, 2.24) is 0 Å². The first-order valence-corrected chi connectivity index (χ1v) is 7.12. The molecule has 122 valence electrons. The lowest BCUT2D eigenvalue weighted by molar-refractivity contribution is -0.114. The van der Waals surface area contributed by atoms with E-state index in [-0.39, 0.29) is 18.3 Å². The Morgan fingerprint density at radius 2 is 1.78 bits per heavy atom. The average Bonchev–Trinajstić information content (AvgIpc) is 2.54. The van der Waals surface area contributed by atoms with E-state index < -0.39 is 0 Å². The van der Waals surface area contributed by atoms with Gasteiger partial charge >= 0.3 is 0 Å². The summed E-state index contributed by atoms with van der Waals surface area (Å²) in [6.45, 7) is 0.0123. The molecule has 0 atom stereocenters. The maximum atomic E-state index is 12.8. The van der Waals surface area contributed by atoms with Gasteiger partial charge in [0.2, 0.25) is 5.91 Å². The first kappa shape index (κ1) is 16.9. The number of carbonyl (C=O) groups is 1. The third kappa shape index (κ3) is 4.50. The van der Waals surface area contributed by atoms with E-state index in [1.165, 1.54) is 26.4 Å². The van der Waals surface area contributed by atoms with Crippen LogP contribution in [0.4, 0.5) is 15.8 Å². The molecule has 0 aromatic heterocycles. The third-order valence-corrected chi connectivity index (χ3v) is 3.34. The summed E-state index contributed by atoms with van der Waals surface area (Å²) in [5, 5.41) is 5.94. The number of rotatable bonds is 6. The van der Waals surface area contributed by atoms with Gasteiger partial charge in [-0.15, -0.1) is 0 Å². The maximum Gasteiger partial charge on any atom is 0.243 e. The van der Waals surface area contributed by atoms with Crippen LogP contribution in [0.25, 0.3) is 0 Å². The fourth-order valence-corrected chi connectivity index (χ4v) is 2.14. The lowest BCUT2D eigenvalue weighted by Gasteiger charge is -2.13. The van der Waals surface area contributed by atoms with Gasteiger partial charge in [0.05, 0.1) is 31.5 Å². The van der Waals surface area contributed by atoms with Crippen LogP contribution in [-0.4, -0.2) is 26.7 Å². The molecule has 0 heterocycles. The zero-order valence-electron chi connectivity index (χ0n) is 12.7. The Hall–Kier alpha value is -2.47. The van der Waals surface area contributed by atoms with Crippen molar-refractivity contribution < 1.29 is 18.7 Å². The SMILES string of the molecule is COc1cc(OC)c(NC(=O)CNc2ccc(F)cc2)cc1Cl. The minimum absolute atomic E-state index is 0.0123. The van der Waals surface area contributed by atoms with E-state index in [2.05, 4.69) is 10.6 Å². The Kier molecular flexibility index (Phi) is 5.65. The summed E-state index contributed by atoms with van der Waals surface area (Å²) in [4.78, 5) is 12.0. The summed E-state index contributed by atoms with van der Waals surface area (Å²) in [6.07, 6.45) is 0. The highest BCUT2D eigenvalue weighted by Gasteiger charge is 2.12. The molecule has 7 heteroatoms. The topological polar surface area (TPSA) is 59.6 Å². The standard InChI is InChI=1S/C16H16ClFN2O3/c1-22-14-8-15(23-2)13(7-12(14)17)20-16(21)9-19-11-5-3-10(18)4-6-11/h3-8,19H,9H2,1-2H3,(H,20,21). The molecule has 2 aromatic rings. The van der Waals surface area contributed by atoms with Crippen LogP contribution in [0.5, 0.6) is 11.5 Å². The van der Waals surface area contributed by atoms with E-state index >= 15 is 0 Å². The number of hydrogen-bond donors (Lipinski definition) is 2. The van der Waals surface area contributed by atoms with Crippen molar-refractivity contribution in [1.29, 1.82) is 0 Å². The van der Waals surface area contributed by atoms with Crippen LogP contribution in [0.15, 0.2) is 36.4 Å². The monoisotopic (exact) mass is 338 g/mol. The lowest BCUT2D eigenvalue weighted by atomic mass is 10.2. The molecule has 0 spiro atoms. The molecule has 0 radical (unpaired) electrons. The van der Waals surface area contributed by atoms with Gasteiger partial charge < -0.3 is 20.1 Å². The number of benzene rings is 2. The van der Waals surface area contributed by atoms with E-state index in [1.807, 2.05) is 0 Å². The minimum atomic E-state index is -0.336. The molecule has 0 saturated carbocycles. The van der Waals surface area contributed by atoms with E-state index in [4.69, 9.17) is 21.1 Å². The van der Waals surface area contributed by atoms with Crippen molar-refractivity contribution in [3.05, 3.63) is 47.2 Å². The molecular formula is C16H16ClFN2O3. The molecule has 2 rings (SSSR count). The van der Waals surface area contributed by atoms with Crippen LogP contribution in [0.3, 0.4) is 0 Å². The number of ether oxygens (including phenoxy) is 2. The van der Waals surface area contributed by atoms with Crippen molar-refractivity contribution in [3.8, 4) is 11.5 Å². The average molecular weight is 339 g/mol. The predicted molar refractivity (Wildman–Crippen MR) is 88.1 cm³/mol. The van der Waals surface area contributed by atoms with Gasteiger partial charge in [-0.25, -0.2) is 4.39 Å². The van der Waals surface area contributed by atoms with Gasteiger partial charge in [0.15, 0.2) is 0 Å². The number of amides is 1. The molecule has 0 saturated heterocycles. The summed E-state index contributed by atoms with van der Waals surface area (Å²) in [5.74, 6) is 0.249. The molecule has 23 heavy (non-hydrogen) atoms. The zero-order chi connectivity index (χ0) is 16.8.